The fourth-order valence-electron chi connectivity index (χ4n) is 7.44. The van der Waals surface area contributed by atoms with Crippen LogP contribution in [0.4, 0.5) is 65.9 Å². The monoisotopic (exact) mass is 744 g/mol. The molecule has 0 heterocycles. The van der Waals surface area contributed by atoms with Gasteiger partial charge in [-0.2, -0.15) is 0 Å². The zero-order valence-corrected chi connectivity index (χ0v) is 28.2. The molecule has 0 atom stereocenters. The maximum atomic E-state index is 15.9. The SMILES string of the molecule is CC(C)(C)[P+](CO[B-](c1c(F)c(F)c(F)c(F)c1F)(c1c(F)c(F)c(F)c(F)c1F)c1c(F)c(F)c(F)c(F)c1F)(C(C)(C)C)C(C)(C)C. The molecule has 49 heavy (non-hydrogen) atoms. The van der Waals surface area contributed by atoms with E-state index in [1.165, 1.54) is 0 Å². The van der Waals surface area contributed by atoms with Gasteiger partial charge in [-0.15, -0.1) is 0 Å². The summed E-state index contributed by atoms with van der Waals surface area (Å²) in [6.45, 7) is 13.9. The molecule has 0 aromatic heterocycles. The van der Waals surface area contributed by atoms with Crippen LogP contribution in [-0.4, -0.2) is 28.2 Å². The summed E-state index contributed by atoms with van der Waals surface area (Å²) in [6, 6.07) is 0. The molecule has 3 aromatic rings. The third-order valence-electron chi connectivity index (χ3n) is 8.90. The molecule has 0 amide bonds. The molecule has 0 aliphatic heterocycles. The second-order valence-corrected chi connectivity index (χ2v) is 20.3. The van der Waals surface area contributed by atoms with E-state index in [-0.39, 0.29) is 0 Å². The highest BCUT2D eigenvalue weighted by atomic mass is 31.2. The average molecular weight is 744 g/mol. The minimum atomic E-state index is -6.11. The lowest BCUT2D eigenvalue weighted by molar-refractivity contribution is 0.349. The van der Waals surface area contributed by atoms with Crippen LogP contribution in [0.25, 0.3) is 0 Å². The van der Waals surface area contributed by atoms with Gasteiger partial charge in [-0.25, -0.2) is 65.9 Å². The van der Waals surface area contributed by atoms with Crippen molar-refractivity contribution in [3.05, 3.63) is 87.3 Å². The van der Waals surface area contributed by atoms with Crippen molar-refractivity contribution in [1.82, 2.24) is 0 Å². The third-order valence-corrected chi connectivity index (χ3v) is 16.3. The van der Waals surface area contributed by atoms with Gasteiger partial charge in [-0.05, 0) is 62.3 Å². The van der Waals surface area contributed by atoms with E-state index in [0.29, 0.717) is 0 Å². The van der Waals surface area contributed by atoms with Crippen molar-refractivity contribution in [2.45, 2.75) is 77.8 Å². The molecule has 0 radical (unpaired) electrons. The van der Waals surface area contributed by atoms with Gasteiger partial charge in [-0.3, -0.25) is 0 Å². The molecule has 18 heteroatoms. The molecule has 3 rings (SSSR count). The smallest absolute Gasteiger partial charge is 0.219 e. The van der Waals surface area contributed by atoms with Crippen molar-refractivity contribution in [3.63, 3.8) is 0 Å². The van der Waals surface area contributed by atoms with Crippen LogP contribution in [0.2, 0.25) is 0 Å². The largest absolute Gasteiger partial charge is 0.549 e. The van der Waals surface area contributed by atoms with Gasteiger partial charge in [0.05, 0.1) is 22.7 Å². The summed E-state index contributed by atoms with van der Waals surface area (Å²) in [7, 11) is -3.42. The number of rotatable bonds is 6. The van der Waals surface area contributed by atoms with E-state index in [9.17, 15) is 39.5 Å². The lowest BCUT2D eigenvalue weighted by atomic mass is 9.27. The van der Waals surface area contributed by atoms with Crippen LogP contribution in [0.15, 0.2) is 0 Å². The summed E-state index contributed by atoms with van der Waals surface area (Å²) in [5.74, 6) is -46.0. The molecule has 272 valence electrons. The van der Waals surface area contributed by atoms with E-state index in [2.05, 4.69) is 0 Å². The van der Waals surface area contributed by atoms with Crippen LogP contribution in [0.3, 0.4) is 0 Å². The molecule has 0 aliphatic rings. The highest BCUT2D eigenvalue weighted by molar-refractivity contribution is 7.79. The van der Waals surface area contributed by atoms with Crippen LogP contribution in [0, 0.1) is 87.3 Å². The molecule has 0 saturated carbocycles. The minimum Gasteiger partial charge on any atom is -0.549 e. The topological polar surface area (TPSA) is 9.23 Å². The van der Waals surface area contributed by atoms with E-state index in [1.54, 1.807) is 62.3 Å². The Kier molecular flexibility index (Phi) is 10.5. The Labute approximate surface area is 272 Å². The van der Waals surface area contributed by atoms with Gasteiger partial charge in [0.1, 0.15) is 41.3 Å². The lowest BCUT2D eigenvalue weighted by Gasteiger charge is -2.56. The van der Waals surface area contributed by atoms with Crippen molar-refractivity contribution < 1.29 is 70.5 Å². The molecule has 0 aliphatic carbocycles. The van der Waals surface area contributed by atoms with Crippen LogP contribution < -0.4 is 16.4 Å². The molecule has 0 unspecified atom stereocenters. The van der Waals surface area contributed by atoms with E-state index in [4.69, 9.17) is 4.65 Å². The van der Waals surface area contributed by atoms with Crippen LogP contribution in [-0.2, 0) is 4.65 Å². The number of benzene rings is 3. The molecule has 3 aromatic carbocycles. The van der Waals surface area contributed by atoms with Crippen molar-refractivity contribution in [1.29, 1.82) is 0 Å². The second kappa shape index (κ2) is 12.7. The molecule has 0 saturated heterocycles. The van der Waals surface area contributed by atoms with Gasteiger partial charge in [0.15, 0.2) is 52.4 Å². The van der Waals surface area contributed by atoms with Crippen LogP contribution in [0.1, 0.15) is 62.3 Å². The van der Waals surface area contributed by atoms with Gasteiger partial charge < -0.3 is 4.65 Å². The average Bonchev–Trinajstić information content (AvgIpc) is 2.97. The first kappa shape index (κ1) is 40.5. The van der Waals surface area contributed by atoms with Gasteiger partial charge in [0, 0.05) is 0 Å². The zero-order chi connectivity index (χ0) is 38.3. The Balaban J connectivity index is 2.94. The van der Waals surface area contributed by atoms with Crippen LogP contribution in [0.5, 0.6) is 0 Å². The summed E-state index contributed by atoms with van der Waals surface area (Å²) >= 11 is 0. The first-order chi connectivity index (χ1) is 22.0. The molecule has 0 spiro atoms. The van der Waals surface area contributed by atoms with Crippen LogP contribution >= 0.6 is 7.26 Å². The van der Waals surface area contributed by atoms with Gasteiger partial charge in [0.2, 0.25) is 6.35 Å². The van der Waals surface area contributed by atoms with E-state index >= 15 is 26.3 Å². The van der Waals surface area contributed by atoms with Gasteiger partial charge in [0.25, 0.3) is 0 Å². The first-order valence-electron chi connectivity index (χ1n) is 14.2. The Morgan fingerprint density at radius 1 is 0.347 bits per heavy atom. The first-order valence-corrected chi connectivity index (χ1v) is 16.2. The van der Waals surface area contributed by atoms with Crippen molar-refractivity contribution >= 4 is 30.0 Å². The molecular formula is C31H29BF15OP. The quantitative estimate of drug-likeness (QED) is 0.0805. The molecular weight excluding hydrogens is 715 g/mol. The predicted octanol–water partition coefficient (Wildman–Crippen LogP) is 9.13. The standard InChI is InChI=1S/C31H29BF15OP/c1-29(2,3)49(30(4,5)6,31(7,8)9)10-48-32(11-14(33)20(39)26(45)21(40)15(11)34,12-16(35)22(41)27(46)23(42)17(12)36)13-18(37)24(43)28(47)25(44)19(13)38/h10H2,1-9H3. The maximum Gasteiger partial charge on any atom is 0.219 e. The highest BCUT2D eigenvalue weighted by Gasteiger charge is 2.65. The second-order valence-electron chi connectivity index (χ2n) is 14.4. The molecule has 0 N–H and O–H groups in total. The number of halogens is 15. The fourth-order valence-corrected chi connectivity index (χ4v) is 15.1. The molecule has 0 bridgehead atoms. The predicted molar refractivity (Wildman–Crippen MR) is 155 cm³/mol. The zero-order valence-electron chi connectivity index (χ0n) is 27.3. The van der Waals surface area contributed by atoms with Gasteiger partial charge >= 0.3 is 0 Å². The Morgan fingerprint density at radius 3 is 0.673 bits per heavy atom. The Bertz CT molecular complexity index is 1550. The summed E-state index contributed by atoms with van der Waals surface area (Å²) < 4.78 is 233. The number of hydrogen-bond acceptors (Lipinski definition) is 1. The molecule has 0 fully saturated rings. The number of hydrogen-bond donors (Lipinski definition) is 0. The van der Waals surface area contributed by atoms with E-state index < -0.39 is 139 Å². The fraction of sp³-hybridized carbons (Fsp3) is 0.419. The Hall–Kier alpha value is -2.94. The third kappa shape index (κ3) is 5.70. The van der Waals surface area contributed by atoms with Crippen molar-refractivity contribution in [2.24, 2.45) is 0 Å². The van der Waals surface area contributed by atoms with Crippen molar-refractivity contribution in [3.8, 4) is 0 Å². The summed E-state index contributed by atoms with van der Waals surface area (Å²) in [5, 5.41) is -3.35. The minimum absolute atomic E-state index is 1.12. The summed E-state index contributed by atoms with van der Waals surface area (Å²) in [5.41, 5.74) is -8.34. The Morgan fingerprint density at radius 2 is 0.510 bits per heavy atom. The summed E-state index contributed by atoms with van der Waals surface area (Å²) in [4.78, 5) is 0. The van der Waals surface area contributed by atoms with Gasteiger partial charge in [-0.1, -0.05) is 16.4 Å². The van der Waals surface area contributed by atoms with E-state index in [0.717, 1.165) is 0 Å². The lowest BCUT2D eigenvalue weighted by Crippen LogP contribution is -2.75. The normalized spacial score (nSPS) is 13.5. The maximum absolute atomic E-state index is 15.9. The van der Waals surface area contributed by atoms with Crippen molar-refractivity contribution in [2.75, 3.05) is 6.35 Å². The highest BCUT2D eigenvalue weighted by Crippen LogP contribution is 2.83. The summed E-state index contributed by atoms with van der Waals surface area (Å²) in [6.07, 6.45) is -7.37. The molecule has 1 nitrogen and oxygen atoms in total. The van der Waals surface area contributed by atoms with E-state index in [1.807, 2.05) is 0 Å².